The largest absolute Gasteiger partial charge is 0.326 e. The van der Waals surface area contributed by atoms with Crippen molar-refractivity contribution in [1.29, 1.82) is 0 Å². The second-order valence-corrected chi connectivity index (χ2v) is 8.24. The summed E-state index contributed by atoms with van der Waals surface area (Å²) in [5, 5.41) is 9.90. The molecule has 2 amide bonds. The molecule has 0 aliphatic carbocycles. The molecule has 0 unspecified atom stereocenters. The zero-order valence-corrected chi connectivity index (χ0v) is 17.2. The summed E-state index contributed by atoms with van der Waals surface area (Å²) in [7, 11) is 0. The van der Waals surface area contributed by atoms with E-state index in [-0.39, 0.29) is 18.2 Å². The van der Waals surface area contributed by atoms with Gasteiger partial charge in [0.1, 0.15) is 6.33 Å². The number of carbonyl (C=O) groups is 2. The molecule has 5 rings (SSSR count). The van der Waals surface area contributed by atoms with Crippen molar-refractivity contribution in [2.75, 3.05) is 10.6 Å². The topological polar surface area (TPSA) is 88.4 Å². The third-order valence-electron chi connectivity index (χ3n) is 5.73. The minimum Gasteiger partial charge on any atom is -0.326 e. The number of carbonyl (C=O) groups excluding carboxylic acids is 2. The first kappa shape index (κ1) is 19.0. The Morgan fingerprint density at radius 2 is 1.87 bits per heavy atom. The fourth-order valence-electron chi connectivity index (χ4n) is 3.87. The summed E-state index contributed by atoms with van der Waals surface area (Å²) in [5.74, 6) is -0.143. The zero-order valence-electron chi connectivity index (χ0n) is 17.2. The van der Waals surface area contributed by atoms with Crippen molar-refractivity contribution in [2.45, 2.75) is 25.7 Å². The van der Waals surface area contributed by atoms with E-state index < -0.39 is 5.41 Å². The first-order valence-electron chi connectivity index (χ1n) is 10.0. The number of amides is 2. The molecule has 3 heterocycles. The number of hydrogen-bond donors (Lipinski definition) is 2. The van der Waals surface area contributed by atoms with Crippen molar-refractivity contribution in [3.05, 3.63) is 78.2 Å². The Kier molecular flexibility index (Phi) is 4.32. The van der Waals surface area contributed by atoms with E-state index in [1.807, 2.05) is 74.6 Å². The highest BCUT2D eigenvalue weighted by Crippen LogP contribution is 2.38. The third-order valence-corrected chi connectivity index (χ3v) is 5.73. The lowest BCUT2D eigenvalue weighted by Crippen LogP contribution is -2.26. The fraction of sp³-hybridized carbons (Fsp3) is 0.167. The Morgan fingerprint density at radius 3 is 2.68 bits per heavy atom. The molecule has 1 aliphatic heterocycles. The van der Waals surface area contributed by atoms with Gasteiger partial charge in [-0.15, -0.1) is 0 Å². The van der Waals surface area contributed by atoms with Crippen LogP contribution in [0.1, 0.15) is 25.0 Å². The minimum atomic E-state index is -0.557. The maximum atomic E-state index is 12.5. The van der Waals surface area contributed by atoms with E-state index in [0.717, 1.165) is 33.6 Å². The minimum absolute atomic E-state index is 0.0331. The van der Waals surface area contributed by atoms with E-state index in [0.29, 0.717) is 5.69 Å². The molecule has 7 nitrogen and oxygen atoms in total. The van der Waals surface area contributed by atoms with Crippen molar-refractivity contribution in [3.8, 4) is 11.1 Å². The predicted molar refractivity (Wildman–Crippen MR) is 119 cm³/mol. The molecule has 0 radical (unpaired) electrons. The molecule has 2 aromatic heterocycles. The van der Waals surface area contributed by atoms with Gasteiger partial charge in [-0.05, 0) is 60.4 Å². The summed E-state index contributed by atoms with van der Waals surface area (Å²) in [5.41, 5.74) is 5.59. The van der Waals surface area contributed by atoms with Crippen LogP contribution in [-0.4, -0.2) is 26.4 Å². The lowest BCUT2D eigenvalue weighted by molar-refractivity contribution is -0.119. The van der Waals surface area contributed by atoms with Crippen LogP contribution in [0.2, 0.25) is 0 Å². The Balaban J connectivity index is 1.27. The summed E-state index contributed by atoms with van der Waals surface area (Å²) in [6.45, 7) is 3.78. The average molecular weight is 411 g/mol. The molecule has 4 aromatic rings. The van der Waals surface area contributed by atoms with Crippen LogP contribution in [0.4, 0.5) is 11.4 Å². The maximum absolute atomic E-state index is 12.5. The Bertz CT molecular complexity index is 1320. The quantitative estimate of drug-likeness (QED) is 0.535. The highest BCUT2D eigenvalue weighted by atomic mass is 16.2. The van der Waals surface area contributed by atoms with Gasteiger partial charge < -0.3 is 10.6 Å². The summed E-state index contributed by atoms with van der Waals surface area (Å²) in [6, 6.07) is 17.4. The molecular formula is C24H21N5O2. The summed E-state index contributed by atoms with van der Waals surface area (Å²) >= 11 is 0. The molecule has 0 spiro atoms. The van der Waals surface area contributed by atoms with E-state index in [4.69, 9.17) is 0 Å². The standard InChI is InChI=1S/C24H21N5O2/c1-24(2)19-8-7-18(13-20(19)28-23(24)31)27-22(30)11-15-3-5-16(6-4-15)17-9-10-29-21(12-17)25-14-26-29/h3-10,12-14H,11H2,1-2H3,(H,27,30)(H,28,31). The van der Waals surface area contributed by atoms with Crippen LogP contribution in [-0.2, 0) is 21.4 Å². The molecule has 0 bridgehead atoms. The van der Waals surface area contributed by atoms with Gasteiger partial charge in [-0.1, -0.05) is 30.3 Å². The SMILES string of the molecule is CC1(C)C(=O)Nc2cc(NC(=O)Cc3ccc(-c4ccn5ncnc5c4)cc3)ccc21. The second kappa shape index (κ2) is 7.05. The number of nitrogens with zero attached hydrogens (tertiary/aromatic N) is 3. The van der Waals surface area contributed by atoms with E-state index in [2.05, 4.69) is 20.7 Å². The highest BCUT2D eigenvalue weighted by molar-refractivity contribution is 6.06. The number of fused-ring (bicyclic) bond motifs is 2. The molecular weight excluding hydrogens is 390 g/mol. The third kappa shape index (κ3) is 3.44. The summed E-state index contributed by atoms with van der Waals surface area (Å²) in [6.07, 6.45) is 3.66. The van der Waals surface area contributed by atoms with Crippen molar-refractivity contribution < 1.29 is 9.59 Å². The smallest absolute Gasteiger partial charge is 0.234 e. The number of nitrogens with one attached hydrogen (secondary N) is 2. The van der Waals surface area contributed by atoms with Gasteiger partial charge >= 0.3 is 0 Å². The zero-order chi connectivity index (χ0) is 21.6. The van der Waals surface area contributed by atoms with Gasteiger partial charge in [-0.2, -0.15) is 5.10 Å². The van der Waals surface area contributed by atoms with Crippen LogP contribution in [0.15, 0.2) is 67.1 Å². The van der Waals surface area contributed by atoms with Gasteiger partial charge in [-0.25, -0.2) is 9.50 Å². The number of hydrogen-bond acceptors (Lipinski definition) is 4. The van der Waals surface area contributed by atoms with Crippen LogP contribution in [0.5, 0.6) is 0 Å². The van der Waals surface area contributed by atoms with Crippen LogP contribution in [0.3, 0.4) is 0 Å². The average Bonchev–Trinajstić information content (AvgIpc) is 3.30. The Hall–Kier alpha value is -4.00. The lowest BCUT2D eigenvalue weighted by atomic mass is 9.86. The number of rotatable bonds is 4. The van der Waals surface area contributed by atoms with Crippen molar-refractivity contribution in [2.24, 2.45) is 0 Å². The molecule has 0 saturated carbocycles. The van der Waals surface area contributed by atoms with E-state index >= 15 is 0 Å². The Morgan fingerprint density at radius 1 is 1.06 bits per heavy atom. The van der Waals surface area contributed by atoms with Crippen molar-refractivity contribution >= 4 is 28.8 Å². The normalized spacial score (nSPS) is 14.3. The van der Waals surface area contributed by atoms with Gasteiger partial charge in [0.2, 0.25) is 11.8 Å². The molecule has 1 aliphatic rings. The number of anilines is 2. The van der Waals surface area contributed by atoms with Gasteiger partial charge in [0, 0.05) is 17.6 Å². The van der Waals surface area contributed by atoms with Crippen molar-refractivity contribution in [1.82, 2.24) is 14.6 Å². The monoisotopic (exact) mass is 411 g/mol. The van der Waals surface area contributed by atoms with E-state index in [9.17, 15) is 9.59 Å². The molecule has 31 heavy (non-hydrogen) atoms. The second-order valence-electron chi connectivity index (χ2n) is 8.24. The molecule has 154 valence electrons. The molecule has 0 atom stereocenters. The van der Waals surface area contributed by atoms with Crippen LogP contribution >= 0.6 is 0 Å². The Labute approximate surface area is 179 Å². The van der Waals surface area contributed by atoms with Gasteiger partial charge in [0.25, 0.3) is 0 Å². The first-order chi connectivity index (χ1) is 14.9. The number of pyridine rings is 1. The van der Waals surface area contributed by atoms with Crippen molar-refractivity contribution in [3.63, 3.8) is 0 Å². The van der Waals surface area contributed by atoms with E-state index in [1.165, 1.54) is 6.33 Å². The van der Waals surface area contributed by atoms with Gasteiger partial charge in [0.05, 0.1) is 11.8 Å². The van der Waals surface area contributed by atoms with Crippen LogP contribution in [0, 0.1) is 0 Å². The molecule has 0 fully saturated rings. The molecule has 0 saturated heterocycles. The predicted octanol–water partition coefficient (Wildman–Crippen LogP) is 3.81. The summed E-state index contributed by atoms with van der Waals surface area (Å²) < 4.78 is 1.72. The summed E-state index contributed by atoms with van der Waals surface area (Å²) in [4.78, 5) is 28.8. The highest BCUT2D eigenvalue weighted by Gasteiger charge is 2.38. The van der Waals surface area contributed by atoms with E-state index in [1.54, 1.807) is 4.52 Å². The maximum Gasteiger partial charge on any atom is 0.234 e. The van der Waals surface area contributed by atoms with Gasteiger partial charge in [-0.3, -0.25) is 9.59 Å². The first-order valence-corrected chi connectivity index (χ1v) is 10.0. The molecule has 7 heteroatoms. The fourth-order valence-corrected chi connectivity index (χ4v) is 3.87. The molecule has 2 N–H and O–H groups in total. The lowest BCUT2D eigenvalue weighted by Gasteiger charge is -2.15. The van der Waals surface area contributed by atoms with Crippen LogP contribution < -0.4 is 10.6 Å². The van der Waals surface area contributed by atoms with Crippen LogP contribution in [0.25, 0.3) is 16.8 Å². The number of benzene rings is 2. The molecule has 2 aromatic carbocycles. The van der Waals surface area contributed by atoms with Gasteiger partial charge in [0.15, 0.2) is 5.65 Å². The number of aromatic nitrogens is 3.